The zero-order chi connectivity index (χ0) is 10.6. The number of hydrogen-bond acceptors (Lipinski definition) is 3. The second-order valence-corrected chi connectivity index (χ2v) is 3.72. The average molecular weight is 192 g/mol. The van der Waals surface area contributed by atoms with Gasteiger partial charge in [0.1, 0.15) is 0 Å². The van der Waals surface area contributed by atoms with Gasteiger partial charge >= 0.3 is 0 Å². The Morgan fingerprint density at radius 2 is 2.00 bits per heavy atom. The quantitative estimate of drug-likeness (QED) is 0.688. The summed E-state index contributed by atoms with van der Waals surface area (Å²) in [6, 6.07) is 0. The molecular formula is C11H16N2O. The lowest BCUT2D eigenvalue weighted by atomic mass is 10.0. The molecule has 1 aromatic heterocycles. The molecule has 76 valence electrons. The standard InChI is InChI=1S/C11H16N2O/c1-4-8(2)5-10(14)11-12-6-9(3)7-13-11/h6-8H,4-5H2,1-3H3. The summed E-state index contributed by atoms with van der Waals surface area (Å²) in [6.45, 7) is 6.04. The summed E-state index contributed by atoms with van der Waals surface area (Å²) in [5.41, 5.74) is 0.977. The first kappa shape index (κ1) is 10.8. The molecule has 3 nitrogen and oxygen atoms in total. The lowest BCUT2D eigenvalue weighted by Crippen LogP contribution is -2.09. The van der Waals surface area contributed by atoms with Crippen LogP contribution in [0.5, 0.6) is 0 Å². The van der Waals surface area contributed by atoms with Gasteiger partial charge in [-0.1, -0.05) is 20.3 Å². The van der Waals surface area contributed by atoms with Gasteiger partial charge < -0.3 is 0 Å². The second-order valence-electron chi connectivity index (χ2n) is 3.72. The number of Topliss-reactive ketones (excluding diaryl/α,β-unsaturated/α-hetero) is 1. The molecule has 0 fully saturated rings. The topological polar surface area (TPSA) is 42.9 Å². The highest BCUT2D eigenvalue weighted by Crippen LogP contribution is 2.09. The van der Waals surface area contributed by atoms with E-state index in [1.807, 2.05) is 6.92 Å². The van der Waals surface area contributed by atoms with Crippen molar-refractivity contribution in [2.75, 3.05) is 0 Å². The van der Waals surface area contributed by atoms with Crippen molar-refractivity contribution < 1.29 is 4.79 Å². The fraction of sp³-hybridized carbons (Fsp3) is 0.545. The Balaban J connectivity index is 2.65. The summed E-state index contributed by atoms with van der Waals surface area (Å²) in [4.78, 5) is 19.6. The molecule has 0 bridgehead atoms. The van der Waals surface area contributed by atoms with Gasteiger partial charge in [-0.15, -0.1) is 0 Å². The molecule has 1 rings (SSSR count). The van der Waals surface area contributed by atoms with Crippen LogP contribution in [0.2, 0.25) is 0 Å². The summed E-state index contributed by atoms with van der Waals surface area (Å²) in [7, 11) is 0. The van der Waals surface area contributed by atoms with Gasteiger partial charge in [0, 0.05) is 18.8 Å². The summed E-state index contributed by atoms with van der Waals surface area (Å²) in [5.74, 6) is 0.794. The van der Waals surface area contributed by atoms with Crippen LogP contribution in [0.25, 0.3) is 0 Å². The van der Waals surface area contributed by atoms with E-state index in [9.17, 15) is 4.79 Å². The van der Waals surface area contributed by atoms with Crippen molar-refractivity contribution in [3.63, 3.8) is 0 Å². The van der Waals surface area contributed by atoms with Crippen LogP contribution in [0.4, 0.5) is 0 Å². The van der Waals surface area contributed by atoms with Gasteiger partial charge in [-0.25, -0.2) is 9.97 Å². The van der Waals surface area contributed by atoms with Gasteiger partial charge in [-0.3, -0.25) is 4.79 Å². The normalized spacial score (nSPS) is 12.5. The summed E-state index contributed by atoms with van der Waals surface area (Å²) < 4.78 is 0. The summed E-state index contributed by atoms with van der Waals surface area (Å²) in [6.07, 6.45) is 4.91. The summed E-state index contributed by atoms with van der Waals surface area (Å²) in [5, 5.41) is 0. The molecule has 0 saturated carbocycles. The van der Waals surface area contributed by atoms with Crippen molar-refractivity contribution in [3.05, 3.63) is 23.8 Å². The van der Waals surface area contributed by atoms with Crippen molar-refractivity contribution in [2.45, 2.75) is 33.6 Å². The number of ketones is 1. The maximum atomic E-state index is 11.6. The molecular weight excluding hydrogens is 176 g/mol. The monoisotopic (exact) mass is 192 g/mol. The van der Waals surface area contributed by atoms with E-state index in [0.29, 0.717) is 18.2 Å². The van der Waals surface area contributed by atoms with Crippen LogP contribution >= 0.6 is 0 Å². The molecule has 1 aromatic rings. The first-order chi connectivity index (χ1) is 6.63. The number of aromatic nitrogens is 2. The third-order valence-corrected chi connectivity index (χ3v) is 2.26. The van der Waals surface area contributed by atoms with Crippen molar-refractivity contribution in [1.29, 1.82) is 0 Å². The molecule has 0 N–H and O–H groups in total. The third-order valence-electron chi connectivity index (χ3n) is 2.26. The molecule has 0 aromatic carbocycles. The van der Waals surface area contributed by atoms with Gasteiger partial charge in [-0.05, 0) is 18.4 Å². The third kappa shape index (κ3) is 2.91. The van der Waals surface area contributed by atoms with Crippen molar-refractivity contribution in [3.8, 4) is 0 Å². The maximum absolute atomic E-state index is 11.6. The van der Waals surface area contributed by atoms with E-state index in [1.165, 1.54) is 0 Å². The molecule has 1 unspecified atom stereocenters. The number of rotatable bonds is 4. The van der Waals surface area contributed by atoms with Crippen molar-refractivity contribution in [1.82, 2.24) is 9.97 Å². The molecule has 14 heavy (non-hydrogen) atoms. The fourth-order valence-corrected chi connectivity index (χ4v) is 1.09. The lowest BCUT2D eigenvalue weighted by molar-refractivity contribution is 0.0953. The lowest BCUT2D eigenvalue weighted by Gasteiger charge is -2.05. The number of carbonyl (C=O) groups is 1. The molecule has 1 atom stereocenters. The number of aryl methyl sites for hydroxylation is 1. The van der Waals surface area contributed by atoms with Crippen molar-refractivity contribution >= 4 is 5.78 Å². The predicted octanol–water partition coefficient (Wildman–Crippen LogP) is 2.40. The minimum Gasteiger partial charge on any atom is -0.291 e. The van der Waals surface area contributed by atoms with Gasteiger partial charge in [0.05, 0.1) is 0 Å². The molecule has 0 spiro atoms. The van der Waals surface area contributed by atoms with Crippen LogP contribution < -0.4 is 0 Å². The van der Waals surface area contributed by atoms with Gasteiger partial charge in [0.2, 0.25) is 0 Å². The van der Waals surface area contributed by atoms with Crippen LogP contribution in [-0.2, 0) is 0 Å². The maximum Gasteiger partial charge on any atom is 0.200 e. The molecule has 1 heterocycles. The zero-order valence-electron chi connectivity index (χ0n) is 8.95. The highest BCUT2D eigenvalue weighted by molar-refractivity contribution is 5.92. The minimum atomic E-state index is 0.0411. The Hall–Kier alpha value is -1.25. The molecule has 3 heteroatoms. The van der Waals surface area contributed by atoms with E-state index in [0.717, 1.165) is 12.0 Å². The Kier molecular flexibility index (Phi) is 3.74. The van der Waals surface area contributed by atoms with Crippen LogP contribution in [0.1, 0.15) is 42.9 Å². The highest BCUT2D eigenvalue weighted by atomic mass is 16.1. The van der Waals surface area contributed by atoms with Crippen LogP contribution in [0, 0.1) is 12.8 Å². The van der Waals surface area contributed by atoms with E-state index in [1.54, 1.807) is 12.4 Å². The predicted molar refractivity (Wildman–Crippen MR) is 55.2 cm³/mol. The largest absolute Gasteiger partial charge is 0.291 e. The Morgan fingerprint density at radius 3 is 2.50 bits per heavy atom. The Labute approximate surface area is 84.6 Å². The SMILES string of the molecule is CCC(C)CC(=O)c1ncc(C)cn1. The number of nitrogens with zero attached hydrogens (tertiary/aromatic N) is 2. The molecule has 0 aliphatic rings. The summed E-state index contributed by atoms with van der Waals surface area (Å²) >= 11 is 0. The smallest absolute Gasteiger partial charge is 0.200 e. The second kappa shape index (κ2) is 4.84. The van der Waals surface area contributed by atoms with E-state index in [2.05, 4.69) is 23.8 Å². The van der Waals surface area contributed by atoms with E-state index < -0.39 is 0 Å². The van der Waals surface area contributed by atoms with Crippen molar-refractivity contribution in [2.24, 2.45) is 5.92 Å². The average Bonchev–Trinajstić information content (AvgIpc) is 2.18. The molecule has 0 aliphatic carbocycles. The first-order valence-electron chi connectivity index (χ1n) is 4.95. The van der Waals surface area contributed by atoms with Crippen LogP contribution in [0.3, 0.4) is 0 Å². The minimum absolute atomic E-state index is 0.0411. The Bertz CT molecular complexity index is 306. The van der Waals surface area contributed by atoms with E-state index >= 15 is 0 Å². The van der Waals surface area contributed by atoms with Crippen LogP contribution in [-0.4, -0.2) is 15.8 Å². The zero-order valence-corrected chi connectivity index (χ0v) is 8.95. The van der Waals surface area contributed by atoms with E-state index in [-0.39, 0.29) is 5.78 Å². The molecule has 0 amide bonds. The molecule has 0 aliphatic heterocycles. The molecule has 0 saturated heterocycles. The fourth-order valence-electron chi connectivity index (χ4n) is 1.09. The van der Waals surface area contributed by atoms with Gasteiger partial charge in [-0.2, -0.15) is 0 Å². The number of carbonyl (C=O) groups excluding carboxylic acids is 1. The Morgan fingerprint density at radius 1 is 1.43 bits per heavy atom. The first-order valence-corrected chi connectivity index (χ1v) is 4.95. The van der Waals surface area contributed by atoms with Gasteiger partial charge in [0.15, 0.2) is 11.6 Å². The highest BCUT2D eigenvalue weighted by Gasteiger charge is 2.11. The van der Waals surface area contributed by atoms with Gasteiger partial charge in [0.25, 0.3) is 0 Å². The molecule has 0 radical (unpaired) electrons. The number of hydrogen-bond donors (Lipinski definition) is 0. The van der Waals surface area contributed by atoms with Crippen LogP contribution in [0.15, 0.2) is 12.4 Å². The van der Waals surface area contributed by atoms with E-state index in [4.69, 9.17) is 0 Å².